The van der Waals surface area contributed by atoms with Gasteiger partial charge in [-0.2, -0.15) is 5.21 Å². The molecule has 0 aliphatic heterocycles. The van der Waals surface area contributed by atoms with E-state index in [1.165, 1.54) is 0 Å². The Bertz CT molecular complexity index is 1040. The summed E-state index contributed by atoms with van der Waals surface area (Å²) in [6.45, 7) is 0. The molecule has 14 heteroatoms. The third kappa shape index (κ3) is 5.04. The molecule has 3 heterocycles. The Labute approximate surface area is 177 Å². The molecule has 4 aromatic rings. The maximum atomic E-state index is 12.5. The first-order valence-electron chi connectivity index (χ1n) is 5.99. The van der Waals surface area contributed by atoms with Crippen molar-refractivity contribution >= 4 is 33.7 Å². The summed E-state index contributed by atoms with van der Waals surface area (Å²) in [5.74, 6) is 0.351. The molecule has 27 heavy (non-hydrogen) atoms. The van der Waals surface area contributed by atoms with Crippen LogP contribution in [0.25, 0.3) is 33.5 Å². The summed E-state index contributed by atoms with van der Waals surface area (Å²) in [5, 5.41) is 14.6. The number of benzene rings is 1. The zero-order valence-corrected chi connectivity index (χ0v) is 16.6. The van der Waals surface area contributed by atoms with Gasteiger partial charge in [0.05, 0.1) is 15.8 Å². The third-order valence-corrected chi connectivity index (χ3v) is 3.39. The predicted molar refractivity (Wildman–Crippen MR) is 94.0 cm³/mol. The number of nitrogens with one attached hydrogen (secondary N) is 1. The molecule has 0 saturated carbocycles. The summed E-state index contributed by atoms with van der Waals surface area (Å²) in [6.07, 6.45) is 1.55. The molecule has 0 radical (unpaired) electrons. The number of pyridine rings is 1. The van der Waals surface area contributed by atoms with Gasteiger partial charge in [-0.1, -0.05) is 11.6 Å². The van der Waals surface area contributed by atoms with Crippen LogP contribution in [0, 0.1) is 0 Å². The van der Waals surface area contributed by atoms with Crippen LogP contribution >= 0.6 is 11.6 Å². The SMILES string of the molecule is O.O.O.O.O.O=c1c2cccnc2oc2c(Cl)cc(-c3nn[nH]n3)cc12.[Na+]. The van der Waals surface area contributed by atoms with Crippen molar-refractivity contribution in [3.63, 3.8) is 0 Å². The van der Waals surface area contributed by atoms with Gasteiger partial charge in [0.15, 0.2) is 5.58 Å². The first kappa shape index (κ1) is 29.8. The second-order valence-electron chi connectivity index (χ2n) is 4.36. The fourth-order valence-electron chi connectivity index (χ4n) is 2.17. The molecule has 1 aromatic carbocycles. The Balaban J connectivity index is -0.000000960. The van der Waals surface area contributed by atoms with Crippen molar-refractivity contribution in [3.8, 4) is 11.4 Å². The van der Waals surface area contributed by atoms with Crippen molar-refractivity contribution in [2.45, 2.75) is 0 Å². The van der Waals surface area contributed by atoms with E-state index in [-0.39, 0.29) is 73.1 Å². The van der Waals surface area contributed by atoms with Gasteiger partial charge < -0.3 is 31.8 Å². The summed E-state index contributed by atoms with van der Waals surface area (Å²) in [4.78, 5) is 16.6. The van der Waals surface area contributed by atoms with E-state index in [0.29, 0.717) is 27.7 Å². The van der Waals surface area contributed by atoms with Gasteiger partial charge >= 0.3 is 29.6 Å². The summed E-state index contributed by atoms with van der Waals surface area (Å²) in [6, 6.07) is 6.58. The number of rotatable bonds is 1. The maximum Gasteiger partial charge on any atom is 1.00 e. The van der Waals surface area contributed by atoms with Gasteiger partial charge in [-0.05, 0) is 29.5 Å². The molecule has 142 valence electrons. The molecule has 0 saturated heterocycles. The molecule has 0 aliphatic rings. The van der Waals surface area contributed by atoms with Gasteiger partial charge in [-0.15, -0.1) is 10.2 Å². The monoisotopic (exact) mass is 412 g/mol. The number of H-pyrrole nitrogens is 1. The zero-order valence-electron chi connectivity index (χ0n) is 13.9. The molecule has 0 atom stereocenters. The van der Waals surface area contributed by atoms with Crippen molar-refractivity contribution in [1.29, 1.82) is 0 Å². The van der Waals surface area contributed by atoms with Crippen LogP contribution in [0.5, 0.6) is 0 Å². The topological polar surface area (TPSA) is 255 Å². The van der Waals surface area contributed by atoms with E-state index in [9.17, 15) is 4.79 Å². The molecule has 0 fully saturated rings. The molecule has 0 aliphatic carbocycles. The number of aromatic amines is 1. The number of tetrazole rings is 1. The molecule has 0 amide bonds. The Hall–Kier alpha value is -2.00. The largest absolute Gasteiger partial charge is 1.00 e. The second-order valence-corrected chi connectivity index (χ2v) is 4.76. The van der Waals surface area contributed by atoms with Crippen LogP contribution in [0.1, 0.15) is 0 Å². The van der Waals surface area contributed by atoms with Crippen molar-refractivity contribution in [3.05, 3.63) is 45.7 Å². The fraction of sp³-hybridized carbons (Fsp3) is 0. The molecular weight excluding hydrogens is 397 g/mol. The van der Waals surface area contributed by atoms with E-state index < -0.39 is 0 Å². The van der Waals surface area contributed by atoms with Crippen LogP contribution in [0.2, 0.25) is 5.02 Å². The maximum absolute atomic E-state index is 12.5. The summed E-state index contributed by atoms with van der Waals surface area (Å²) >= 11 is 6.20. The first-order chi connectivity index (χ1) is 10.2. The van der Waals surface area contributed by atoms with E-state index in [1.54, 1.807) is 30.5 Å². The number of hydrogen-bond donors (Lipinski definition) is 1. The average Bonchev–Trinajstić information content (AvgIpc) is 3.03. The van der Waals surface area contributed by atoms with Crippen molar-refractivity contribution in [2.75, 3.05) is 0 Å². The van der Waals surface area contributed by atoms with Crippen LogP contribution in [0.3, 0.4) is 0 Å². The summed E-state index contributed by atoms with van der Waals surface area (Å²) in [5.41, 5.74) is 0.924. The van der Waals surface area contributed by atoms with Crippen molar-refractivity contribution in [1.82, 2.24) is 25.6 Å². The van der Waals surface area contributed by atoms with Crippen molar-refractivity contribution in [2.24, 2.45) is 0 Å². The quantitative estimate of drug-likeness (QED) is 0.236. The van der Waals surface area contributed by atoms with Crippen molar-refractivity contribution < 1.29 is 61.4 Å². The van der Waals surface area contributed by atoms with Crippen LogP contribution in [-0.4, -0.2) is 53.0 Å². The summed E-state index contributed by atoms with van der Waals surface area (Å²) < 4.78 is 5.62. The molecule has 0 unspecified atom stereocenters. The van der Waals surface area contributed by atoms with Gasteiger partial charge in [0, 0.05) is 11.8 Å². The zero-order chi connectivity index (χ0) is 14.4. The number of fused-ring (bicyclic) bond motifs is 2. The van der Waals surface area contributed by atoms with Crippen LogP contribution < -0.4 is 35.0 Å². The average molecular weight is 413 g/mol. The van der Waals surface area contributed by atoms with Crippen LogP contribution in [0.4, 0.5) is 0 Å². The number of nitrogens with zero attached hydrogens (tertiary/aromatic N) is 4. The van der Waals surface area contributed by atoms with Gasteiger partial charge in [-0.3, -0.25) is 4.79 Å². The second kappa shape index (κ2) is 11.7. The minimum absolute atomic E-state index is 0. The van der Waals surface area contributed by atoms with E-state index in [0.717, 1.165) is 0 Å². The molecule has 11 N–H and O–H groups in total. The van der Waals surface area contributed by atoms with Gasteiger partial charge in [0.2, 0.25) is 17.0 Å². The minimum atomic E-state index is -0.202. The fourth-order valence-corrected chi connectivity index (χ4v) is 2.42. The smallest absolute Gasteiger partial charge is 0.436 e. The van der Waals surface area contributed by atoms with Gasteiger partial charge in [0.25, 0.3) is 0 Å². The molecule has 0 spiro atoms. The predicted octanol–water partition coefficient (Wildman–Crippen LogP) is -4.94. The normalized spacial score (nSPS) is 8.78. The third-order valence-electron chi connectivity index (χ3n) is 3.11. The number of halogens is 1. The van der Waals surface area contributed by atoms with E-state index in [1.807, 2.05) is 0 Å². The molecule has 12 nitrogen and oxygen atoms in total. The minimum Gasteiger partial charge on any atom is -0.436 e. The van der Waals surface area contributed by atoms with E-state index in [2.05, 4.69) is 25.6 Å². The Kier molecular flexibility index (Phi) is 12.8. The molecule has 0 bridgehead atoms. The van der Waals surface area contributed by atoms with E-state index >= 15 is 0 Å². The molecular formula is C13H16ClN5NaO7+. The summed E-state index contributed by atoms with van der Waals surface area (Å²) in [7, 11) is 0. The number of hydrogen-bond acceptors (Lipinski definition) is 6. The molecule has 4 rings (SSSR count). The molecule has 3 aromatic heterocycles. The standard InChI is InChI=1S/C13H6ClN5O2.Na.5H2O/c14-9-5-6(12-16-18-19-17-12)4-8-10(20)7-2-1-3-15-13(7)21-11(8)9;;;;;;/h1-5H,(H,16,17,18,19);;5*1H2/q;+1;;;;;. The van der Waals surface area contributed by atoms with E-state index in [4.69, 9.17) is 16.0 Å². The number of aromatic nitrogens is 5. The Morgan fingerprint density at radius 3 is 2.37 bits per heavy atom. The first-order valence-corrected chi connectivity index (χ1v) is 6.37. The van der Waals surface area contributed by atoms with Gasteiger partial charge in [0.1, 0.15) is 0 Å². The van der Waals surface area contributed by atoms with Gasteiger partial charge in [-0.25, -0.2) is 4.98 Å². The Morgan fingerprint density at radius 2 is 1.74 bits per heavy atom. The van der Waals surface area contributed by atoms with Crippen LogP contribution in [-0.2, 0) is 0 Å². The van der Waals surface area contributed by atoms with Crippen LogP contribution in [0.15, 0.2) is 39.7 Å². The Morgan fingerprint density at radius 1 is 1.04 bits per heavy atom.